The maximum Gasteiger partial charge on any atom is 0.123 e. The van der Waals surface area contributed by atoms with Crippen LogP contribution in [0.5, 0.6) is 0 Å². The van der Waals surface area contributed by atoms with Gasteiger partial charge in [0.05, 0.1) is 5.52 Å². The monoisotopic (exact) mass is 292 g/mol. The lowest BCUT2D eigenvalue weighted by molar-refractivity contribution is 0.628. The number of halogens is 1. The zero-order chi connectivity index (χ0) is 15.1. The Morgan fingerprint density at radius 3 is 2.64 bits per heavy atom. The van der Waals surface area contributed by atoms with Crippen LogP contribution in [0.2, 0.25) is 0 Å². The van der Waals surface area contributed by atoms with Crippen molar-refractivity contribution in [1.29, 1.82) is 0 Å². The van der Waals surface area contributed by atoms with E-state index in [1.807, 2.05) is 42.2 Å². The van der Waals surface area contributed by atoms with Crippen molar-refractivity contribution in [2.45, 2.75) is 0 Å². The first-order chi connectivity index (χ1) is 10.7. The second-order valence-electron chi connectivity index (χ2n) is 5.15. The standard InChI is InChI=1S/C17H13FN4/c1-21-11-15(14-8-9-19-22-10-2-3-16(14)22)17(20-21)12-4-6-13(18)7-5-12/h2-11H,1H3. The smallest absolute Gasteiger partial charge is 0.123 e. The summed E-state index contributed by atoms with van der Waals surface area (Å²) in [6.07, 6.45) is 5.65. The lowest BCUT2D eigenvalue weighted by atomic mass is 10.0. The van der Waals surface area contributed by atoms with E-state index < -0.39 is 0 Å². The molecule has 0 bridgehead atoms. The van der Waals surface area contributed by atoms with Crippen LogP contribution >= 0.6 is 0 Å². The molecule has 0 amide bonds. The van der Waals surface area contributed by atoms with Crippen molar-refractivity contribution in [1.82, 2.24) is 19.4 Å². The summed E-state index contributed by atoms with van der Waals surface area (Å²) in [5, 5.41) is 8.83. The average molecular weight is 292 g/mol. The van der Waals surface area contributed by atoms with Gasteiger partial charge in [-0.25, -0.2) is 8.91 Å². The molecule has 1 aromatic carbocycles. The number of aryl methyl sites for hydroxylation is 1. The van der Waals surface area contributed by atoms with Gasteiger partial charge in [-0.2, -0.15) is 10.2 Å². The van der Waals surface area contributed by atoms with Gasteiger partial charge < -0.3 is 0 Å². The van der Waals surface area contributed by atoms with E-state index in [1.165, 1.54) is 12.1 Å². The molecule has 3 heterocycles. The number of nitrogens with zero attached hydrogens (tertiary/aromatic N) is 4. The predicted molar refractivity (Wildman–Crippen MR) is 82.8 cm³/mol. The summed E-state index contributed by atoms with van der Waals surface area (Å²) in [5.74, 6) is -0.251. The summed E-state index contributed by atoms with van der Waals surface area (Å²) >= 11 is 0. The van der Waals surface area contributed by atoms with Crippen LogP contribution in [0.25, 0.3) is 27.9 Å². The third kappa shape index (κ3) is 1.98. The zero-order valence-corrected chi connectivity index (χ0v) is 11.9. The summed E-state index contributed by atoms with van der Waals surface area (Å²) < 4.78 is 16.8. The van der Waals surface area contributed by atoms with Gasteiger partial charge in [-0.15, -0.1) is 0 Å². The van der Waals surface area contributed by atoms with Crippen molar-refractivity contribution in [3.63, 3.8) is 0 Å². The Labute approximate surface area is 126 Å². The predicted octanol–water partition coefficient (Wildman–Crippen LogP) is 3.54. The van der Waals surface area contributed by atoms with E-state index in [0.29, 0.717) is 0 Å². The van der Waals surface area contributed by atoms with Crippen LogP contribution in [0.3, 0.4) is 0 Å². The molecule has 0 N–H and O–H groups in total. The highest BCUT2D eigenvalue weighted by Gasteiger charge is 2.15. The van der Waals surface area contributed by atoms with E-state index in [-0.39, 0.29) is 5.82 Å². The second kappa shape index (κ2) is 4.80. The number of benzene rings is 1. The van der Waals surface area contributed by atoms with Gasteiger partial charge in [0, 0.05) is 42.3 Å². The van der Waals surface area contributed by atoms with Crippen LogP contribution in [-0.2, 0) is 7.05 Å². The number of hydrogen-bond acceptors (Lipinski definition) is 2. The van der Waals surface area contributed by atoms with Crippen LogP contribution in [-0.4, -0.2) is 19.4 Å². The van der Waals surface area contributed by atoms with Gasteiger partial charge in [0.15, 0.2) is 0 Å². The third-order valence-corrected chi connectivity index (χ3v) is 3.67. The van der Waals surface area contributed by atoms with Crippen LogP contribution < -0.4 is 0 Å². The zero-order valence-electron chi connectivity index (χ0n) is 11.9. The van der Waals surface area contributed by atoms with Crippen LogP contribution in [0, 0.1) is 5.82 Å². The highest BCUT2D eigenvalue weighted by atomic mass is 19.1. The molecule has 0 unspecified atom stereocenters. The maximum atomic E-state index is 13.2. The minimum Gasteiger partial charge on any atom is -0.275 e. The SMILES string of the molecule is Cn1cc(-c2ccnn3cccc23)c(-c2ccc(F)cc2)n1. The molecule has 0 aliphatic carbocycles. The molecule has 0 spiro atoms. The van der Waals surface area contributed by atoms with Gasteiger partial charge in [-0.05, 0) is 42.5 Å². The fourth-order valence-electron chi connectivity index (χ4n) is 2.69. The minimum absolute atomic E-state index is 0.251. The van der Waals surface area contributed by atoms with Gasteiger partial charge >= 0.3 is 0 Å². The van der Waals surface area contributed by atoms with Gasteiger partial charge in [-0.1, -0.05) is 0 Å². The molecule has 0 saturated carbocycles. The molecule has 4 nitrogen and oxygen atoms in total. The molecule has 4 aromatic rings. The van der Waals surface area contributed by atoms with E-state index in [0.717, 1.165) is 27.9 Å². The van der Waals surface area contributed by atoms with Crippen molar-refractivity contribution in [2.24, 2.45) is 7.05 Å². The molecule has 0 radical (unpaired) electrons. The van der Waals surface area contributed by atoms with Crippen LogP contribution in [0.4, 0.5) is 4.39 Å². The fourth-order valence-corrected chi connectivity index (χ4v) is 2.69. The molecular formula is C17H13FN4. The molecular weight excluding hydrogens is 279 g/mol. The normalized spacial score (nSPS) is 11.2. The summed E-state index contributed by atoms with van der Waals surface area (Å²) in [6, 6.07) is 12.3. The van der Waals surface area contributed by atoms with Gasteiger partial charge in [0.1, 0.15) is 11.5 Å². The molecule has 0 saturated heterocycles. The van der Waals surface area contributed by atoms with E-state index in [2.05, 4.69) is 10.2 Å². The Kier molecular flexibility index (Phi) is 2.79. The average Bonchev–Trinajstić information content (AvgIpc) is 3.14. The van der Waals surface area contributed by atoms with Gasteiger partial charge in [-0.3, -0.25) is 4.68 Å². The maximum absolute atomic E-state index is 13.2. The Morgan fingerprint density at radius 1 is 1.00 bits per heavy atom. The van der Waals surface area contributed by atoms with Crippen molar-refractivity contribution in [2.75, 3.05) is 0 Å². The van der Waals surface area contributed by atoms with E-state index in [1.54, 1.807) is 23.0 Å². The number of aromatic nitrogens is 4. The van der Waals surface area contributed by atoms with Crippen LogP contribution in [0.15, 0.2) is 61.1 Å². The molecule has 3 aromatic heterocycles. The number of fused-ring (bicyclic) bond motifs is 1. The first-order valence-electron chi connectivity index (χ1n) is 6.95. The number of rotatable bonds is 2. The molecule has 4 rings (SSSR count). The number of hydrogen-bond donors (Lipinski definition) is 0. The van der Waals surface area contributed by atoms with E-state index >= 15 is 0 Å². The third-order valence-electron chi connectivity index (χ3n) is 3.67. The Morgan fingerprint density at radius 2 is 1.82 bits per heavy atom. The van der Waals surface area contributed by atoms with Crippen molar-refractivity contribution in [3.8, 4) is 22.4 Å². The molecule has 0 aliphatic heterocycles. The first-order valence-corrected chi connectivity index (χ1v) is 6.95. The van der Waals surface area contributed by atoms with Gasteiger partial charge in [0.2, 0.25) is 0 Å². The first kappa shape index (κ1) is 12.8. The molecule has 22 heavy (non-hydrogen) atoms. The highest BCUT2D eigenvalue weighted by molar-refractivity contribution is 5.88. The molecule has 0 atom stereocenters. The Bertz CT molecular complexity index is 950. The molecule has 0 aliphatic rings. The van der Waals surface area contributed by atoms with E-state index in [4.69, 9.17) is 0 Å². The van der Waals surface area contributed by atoms with Crippen molar-refractivity contribution in [3.05, 3.63) is 66.9 Å². The second-order valence-corrected chi connectivity index (χ2v) is 5.15. The Balaban J connectivity index is 1.96. The topological polar surface area (TPSA) is 35.1 Å². The molecule has 108 valence electrons. The van der Waals surface area contributed by atoms with E-state index in [9.17, 15) is 4.39 Å². The largest absolute Gasteiger partial charge is 0.275 e. The lowest BCUT2D eigenvalue weighted by Crippen LogP contribution is -1.91. The molecule has 5 heteroatoms. The van der Waals surface area contributed by atoms with Crippen molar-refractivity contribution < 1.29 is 4.39 Å². The highest BCUT2D eigenvalue weighted by Crippen LogP contribution is 2.33. The summed E-state index contributed by atoms with van der Waals surface area (Å²) in [7, 11) is 1.88. The lowest BCUT2D eigenvalue weighted by Gasteiger charge is -2.05. The Hall–Kier alpha value is -2.95. The minimum atomic E-state index is -0.251. The quantitative estimate of drug-likeness (QED) is 0.566. The molecule has 0 fully saturated rings. The van der Waals surface area contributed by atoms with Crippen molar-refractivity contribution >= 4 is 5.52 Å². The summed E-state index contributed by atoms with van der Waals surface area (Å²) in [5.41, 5.74) is 4.78. The van der Waals surface area contributed by atoms with Gasteiger partial charge in [0.25, 0.3) is 0 Å². The summed E-state index contributed by atoms with van der Waals surface area (Å²) in [6.45, 7) is 0. The van der Waals surface area contributed by atoms with Crippen LogP contribution in [0.1, 0.15) is 0 Å². The summed E-state index contributed by atoms with van der Waals surface area (Å²) in [4.78, 5) is 0. The fraction of sp³-hybridized carbons (Fsp3) is 0.0588.